The minimum absolute atomic E-state index is 0. The lowest BCUT2D eigenvalue weighted by Crippen LogP contribution is -2.45. The summed E-state index contributed by atoms with van der Waals surface area (Å²) in [5, 5.41) is 3.48. The molecule has 0 aliphatic carbocycles. The standard InChI is InChI=1S/C24H35N7.4ClH/c1-17-13-19-3-4-20(18-5-7-26-8-6-18)14-21(19)16-31(17)23-15-22(27-24(25)28-23)30-11-9-29(2)10-12-30;;;;/h3-4,14-15,17-18,26H,5-13,16H2,1-2H3,(H2,25,27,28);4*1H. The number of anilines is 3. The van der Waals surface area contributed by atoms with Crippen molar-refractivity contribution >= 4 is 67.2 Å². The summed E-state index contributed by atoms with van der Waals surface area (Å²) in [5.41, 5.74) is 10.6. The summed E-state index contributed by atoms with van der Waals surface area (Å²) in [6.45, 7) is 9.47. The largest absolute Gasteiger partial charge is 0.368 e. The number of hydrogen-bond donors (Lipinski definition) is 2. The zero-order chi connectivity index (χ0) is 21.4. The van der Waals surface area contributed by atoms with Gasteiger partial charge < -0.3 is 25.8 Å². The van der Waals surface area contributed by atoms with Crippen LogP contribution in [-0.4, -0.2) is 67.2 Å². The molecule has 2 aromatic rings. The minimum Gasteiger partial charge on any atom is -0.368 e. The fourth-order valence-corrected chi connectivity index (χ4v) is 5.26. The second-order valence-corrected chi connectivity index (χ2v) is 9.47. The van der Waals surface area contributed by atoms with Crippen molar-refractivity contribution in [2.24, 2.45) is 0 Å². The molecule has 0 amide bonds. The summed E-state index contributed by atoms with van der Waals surface area (Å²) in [7, 11) is 2.17. The van der Waals surface area contributed by atoms with Crippen molar-refractivity contribution in [3.8, 4) is 0 Å². The number of aromatic nitrogens is 2. The SMILES string of the molecule is CC1Cc2ccc(C3CCNCC3)cc2CN1c1cc(N2CCN(C)CC2)nc(N)n1.Cl.Cl.Cl.Cl. The van der Waals surface area contributed by atoms with Gasteiger partial charge in [0.25, 0.3) is 0 Å². The molecule has 2 fully saturated rings. The molecule has 3 aliphatic heterocycles. The van der Waals surface area contributed by atoms with Crippen molar-refractivity contribution in [2.45, 2.75) is 44.7 Å². The Morgan fingerprint density at radius 3 is 2.23 bits per heavy atom. The molecule has 1 atom stereocenters. The molecule has 0 saturated carbocycles. The molecule has 1 aromatic carbocycles. The van der Waals surface area contributed by atoms with Crippen molar-refractivity contribution < 1.29 is 0 Å². The van der Waals surface area contributed by atoms with E-state index < -0.39 is 0 Å². The number of fused-ring (bicyclic) bond motifs is 1. The topological polar surface area (TPSA) is 73.5 Å². The molecular formula is C24H39Cl4N7. The second kappa shape index (κ2) is 13.9. The van der Waals surface area contributed by atoms with Gasteiger partial charge in [-0.15, -0.1) is 49.6 Å². The monoisotopic (exact) mass is 565 g/mol. The third-order valence-corrected chi connectivity index (χ3v) is 7.27. The Bertz CT molecular complexity index is 934. The van der Waals surface area contributed by atoms with Crippen LogP contribution >= 0.6 is 49.6 Å². The first kappa shape index (κ1) is 31.8. The number of piperazine rings is 1. The lowest BCUT2D eigenvalue weighted by molar-refractivity contribution is 0.312. The summed E-state index contributed by atoms with van der Waals surface area (Å²) < 4.78 is 0. The first-order chi connectivity index (χ1) is 15.1. The van der Waals surface area contributed by atoms with E-state index in [1.165, 1.54) is 29.5 Å². The Morgan fingerprint density at radius 2 is 1.54 bits per heavy atom. The Hall–Kier alpha value is -1.22. The molecule has 0 radical (unpaired) electrons. The van der Waals surface area contributed by atoms with E-state index in [1.54, 1.807) is 0 Å². The highest BCUT2D eigenvalue weighted by Crippen LogP contribution is 2.33. The summed E-state index contributed by atoms with van der Waals surface area (Å²) in [6.07, 6.45) is 3.50. The summed E-state index contributed by atoms with van der Waals surface area (Å²) in [5.74, 6) is 2.95. The lowest BCUT2D eigenvalue weighted by Gasteiger charge is -2.37. The van der Waals surface area contributed by atoms with Crippen LogP contribution in [0.4, 0.5) is 17.6 Å². The first-order valence-corrected chi connectivity index (χ1v) is 11.7. The number of rotatable bonds is 3. The molecular weight excluding hydrogens is 528 g/mol. The molecule has 7 nitrogen and oxygen atoms in total. The van der Waals surface area contributed by atoms with Gasteiger partial charge in [-0.05, 0) is 68.9 Å². The van der Waals surface area contributed by atoms with Crippen LogP contribution in [0.5, 0.6) is 0 Å². The summed E-state index contributed by atoms with van der Waals surface area (Å²) >= 11 is 0. The number of nitrogens with one attached hydrogen (secondary N) is 1. The third-order valence-electron chi connectivity index (χ3n) is 7.27. The van der Waals surface area contributed by atoms with Crippen molar-refractivity contribution in [1.82, 2.24) is 20.2 Å². The van der Waals surface area contributed by atoms with E-state index in [0.29, 0.717) is 17.9 Å². The normalized spacial score (nSPS) is 20.5. The van der Waals surface area contributed by atoms with Crippen LogP contribution in [-0.2, 0) is 13.0 Å². The van der Waals surface area contributed by atoms with Crippen molar-refractivity contribution in [3.63, 3.8) is 0 Å². The van der Waals surface area contributed by atoms with Crippen molar-refractivity contribution in [2.75, 3.05) is 61.8 Å². The van der Waals surface area contributed by atoms with Crippen LogP contribution in [0.1, 0.15) is 42.4 Å². The van der Waals surface area contributed by atoms with E-state index >= 15 is 0 Å². The molecule has 0 bridgehead atoms. The van der Waals surface area contributed by atoms with Crippen LogP contribution in [0.15, 0.2) is 24.3 Å². The number of halogens is 4. The molecule has 11 heteroatoms. The van der Waals surface area contributed by atoms with E-state index in [2.05, 4.69) is 68.2 Å². The van der Waals surface area contributed by atoms with Crippen LogP contribution in [0.3, 0.4) is 0 Å². The fraction of sp³-hybridized carbons (Fsp3) is 0.583. The minimum atomic E-state index is 0. The predicted molar refractivity (Wildman–Crippen MR) is 156 cm³/mol. The van der Waals surface area contributed by atoms with Gasteiger partial charge in [-0.25, -0.2) is 0 Å². The highest BCUT2D eigenvalue weighted by molar-refractivity contribution is 5.86. The van der Waals surface area contributed by atoms with Gasteiger partial charge in [0, 0.05) is 44.8 Å². The Balaban J connectivity index is 0.00000153. The van der Waals surface area contributed by atoms with Gasteiger partial charge in [0.2, 0.25) is 5.95 Å². The maximum atomic E-state index is 6.17. The van der Waals surface area contributed by atoms with Crippen LogP contribution in [0.25, 0.3) is 0 Å². The molecule has 5 rings (SSSR count). The third kappa shape index (κ3) is 7.18. The molecule has 35 heavy (non-hydrogen) atoms. The highest BCUT2D eigenvalue weighted by Gasteiger charge is 2.27. The Kier molecular flexibility index (Phi) is 12.6. The summed E-state index contributed by atoms with van der Waals surface area (Å²) in [6, 6.07) is 9.71. The average molecular weight is 567 g/mol. The molecule has 2 saturated heterocycles. The molecule has 4 heterocycles. The molecule has 198 valence electrons. The lowest BCUT2D eigenvalue weighted by atomic mass is 9.86. The van der Waals surface area contributed by atoms with Gasteiger partial charge in [0.05, 0.1) is 0 Å². The van der Waals surface area contributed by atoms with Crippen LogP contribution in [0, 0.1) is 0 Å². The maximum Gasteiger partial charge on any atom is 0.223 e. The molecule has 0 spiro atoms. The molecule has 1 unspecified atom stereocenters. The number of benzene rings is 1. The van der Waals surface area contributed by atoms with E-state index in [-0.39, 0.29) is 49.6 Å². The highest BCUT2D eigenvalue weighted by atomic mass is 35.5. The van der Waals surface area contributed by atoms with Gasteiger partial charge in [-0.2, -0.15) is 9.97 Å². The first-order valence-electron chi connectivity index (χ1n) is 11.7. The molecule has 3 N–H and O–H groups in total. The van der Waals surface area contributed by atoms with Crippen LogP contribution < -0.4 is 20.9 Å². The van der Waals surface area contributed by atoms with Gasteiger partial charge in [0.15, 0.2) is 0 Å². The quantitative estimate of drug-likeness (QED) is 0.583. The van der Waals surface area contributed by atoms with Crippen molar-refractivity contribution in [3.05, 3.63) is 41.0 Å². The zero-order valence-corrected chi connectivity index (χ0v) is 23.7. The number of hydrogen-bond acceptors (Lipinski definition) is 7. The number of nitrogens with zero attached hydrogens (tertiary/aromatic N) is 5. The average Bonchev–Trinajstić information content (AvgIpc) is 2.79. The Morgan fingerprint density at radius 1 is 0.886 bits per heavy atom. The van der Waals surface area contributed by atoms with Gasteiger partial charge in [-0.1, -0.05) is 18.2 Å². The van der Waals surface area contributed by atoms with E-state index in [1.807, 2.05) is 0 Å². The molecule has 3 aliphatic rings. The Labute approximate surface area is 234 Å². The number of likely N-dealkylation sites (N-methyl/N-ethyl adjacent to an activating group) is 1. The number of nitrogens with two attached hydrogens (primary N) is 1. The maximum absolute atomic E-state index is 6.17. The van der Waals surface area contributed by atoms with Gasteiger partial charge in [-0.3, -0.25) is 0 Å². The zero-order valence-electron chi connectivity index (χ0n) is 20.5. The van der Waals surface area contributed by atoms with Gasteiger partial charge >= 0.3 is 0 Å². The van der Waals surface area contributed by atoms with Gasteiger partial charge in [0.1, 0.15) is 11.6 Å². The van der Waals surface area contributed by atoms with Crippen molar-refractivity contribution in [1.29, 1.82) is 0 Å². The van der Waals surface area contributed by atoms with E-state index in [0.717, 1.165) is 63.9 Å². The van der Waals surface area contributed by atoms with Crippen LogP contribution in [0.2, 0.25) is 0 Å². The van der Waals surface area contributed by atoms with E-state index in [9.17, 15) is 0 Å². The number of nitrogen functional groups attached to an aromatic ring is 1. The predicted octanol–water partition coefficient (Wildman–Crippen LogP) is 3.92. The molecule has 1 aromatic heterocycles. The second-order valence-electron chi connectivity index (χ2n) is 9.47. The fourth-order valence-electron chi connectivity index (χ4n) is 5.26. The summed E-state index contributed by atoms with van der Waals surface area (Å²) in [4.78, 5) is 16.3. The van der Waals surface area contributed by atoms with E-state index in [4.69, 9.17) is 5.73 Å². The number of piperidine rings is 1. The smallest absolute Gasteiger partial charge is 0.223 e.